The summed E-state index contributed by atoms with van der Waals surface area (Å²) >= 11 is 6.20. The zero-order valence-corrected chi connectivity index (χ0v) is 16.7. The Morgan fingerprint density at radius 3 is 2.62 bits per heavy atom. The first-order valence-corrected chi connectivity index (χ1v) is 9.51. The second kappa shape index (κ2) is 7.67. The summed E-state index contributed by atoms with van der Waals surface area (Å²) in [6.07, 6.45) is 1.98. The van der Waals surface area contributed by atoms with Crippen LogP contribution in [0.2, 0.25) is 5.02 Å². The fourth-order valence-corrected chi connectivity index (χ4v) is 3.43. The molecule has 0 aliphatic carbocycles. The normalized spacial score (nSPS) is 15.8. The van der Waals surface area contributed by atoms with Crippen molar-refractivity contribution in [1.82, 2.24) is 9.97 Å². The molecule has 6 nitrogen and oxygen atoms in total. The Bertz CT molecular complexity index is 1070. The summed E-state index contributed by atoms with van der Waals surface area (Å²) in [6, 6.07) is 11.7. The molecule has 1 aliphatic rings. The molecular weight excluding hydrogens is 393 g/mol. The number of fused-ring (bicyclic) bond motifs is 1. The van der Waals surface area contributed by atoms with Crippen molar-refractivity contribution in [3.63, 3.8) is 0 Å². The predicted molar refractivity (Wildman–Crippen MR) is 113 cm³/mol. The van der Waals surface area contributed by atoms with E-state index in [0.29, 0.717) is 28.9 Å². The van der Waals surface area contributed by atoms with Gasteiger partial charge in [-0.25, -0.2) is 9.37 Å². The lowest BCUT2D eigenvalue weighted by Gasteiger charge is -2.30. The Morgan fingerprint density at radius 1 is 1.14 bits per heavy atom. The third-order valence-corrected chi connectivity index (χ3v) is 5.16. The van der Waals surface area contributed by atoms with Crippen LogP contribution in [0.5, 0.6) is 0 Å². The summed E-state index contributed by atoms with van der Waals surface area (Å²) in [4.78, 5) is 22.4. The van der Waals surface area contributed by atoms with E-state index in [9.17, 15) is 9.18 Å². The molecule has 0 spiro atoms. The van der Waals surface area contributed by atoms with Crippen molar-refractivity contribution in [3.8, 4) is 0 Å². The number of nitrogens with zero attached hydrogens (tertiary/aromatic N) is 3. The highest BCUT2D eigenvalue weighted by Gasteiger charge is 2.26. The SMILES string of the molecule is CC1CC(=O)N(C)c2ccc(Nc3ncc(Cl)c(Nc4ccc(F)cc4)n3)cc21. The van der Waals surface area contributed by atoms with E-state index in [1.807, 2.05) is 25.1 Å². The van der Waals surface area contributed by atoms with Crippen molar-refractivity contribution in [2.24, 2.45) is 0 Å². The molecule has 2 heterocycles. The van der Waals surface area contributed by atoms with Gasteiger partial charge in [-0.15, -0.1) is 0 Å². The maximum atomic E-state index is 13.1. The predicted octanol–water partition coefficient (Wildman–Crippen LogP) is 5.23. The Morgan fingerprint density at radius 2 is 1.86 bits per heavy atom. The summed E-state index contributed by atoms with van der Waals surface area (Å²) in [5.41, 5.74) is 3.48. The van der Waals surface area contributed by atoms with Gasteiger partial charge in [-0.3, -0.25) is 4.79 Å². The Balaban J connectivity index is 1.58. The number of aromatic nitrogens is 2. The van der Waals surface area contributed by atoms with Crippen LogP contribution in [-0.2, 0) is 4.79 Å². The topological polar surface area (TPSA) is 70.2 Å². The summed E-state index contributed by atoms with van der Waals surface area (Å²) in [5.74, 6) is 0.709. The van der Waals surface area contributed by atoms with Crippen molar-refractivity contribution in [3.05, 3.63) is 65.1 Å². The van der Waals surface area contributed by atoms with E-state index < -0.39 is 0 Å². The molecule has 1 amide bonds. The van der Waals surface area contributed by atoms with Gasteiger partial charge < -0.3 is 15.5 Å². The number of benzene rings is 2. The number of nitrogens with one attached hydrogen (secondary N) is 2. The van der Waals surface area contributed by atoms with E-state index in [1.165, 1.54) is 18.3 Å². The number of hydrogen-bond acceptors (Lipinski definition) is 5. The first-order valence-electron chi connectivity index (χ1n) is 9.13. The van der Waals surface area contributed by atoms with Crippen molar-refractivity contribution in [2.75, 3.05) is 22.6 Å². The highest BCUT2D eigenvalue weighted by Crippen LogP contribution is 2.37. The van der Waals surface area contributed by atoms with Crippen LogP contribution in [0.3, 0.4) is 0 Å². The Hall–Kier alpha value is -3.19. The Kier molecular flexibility index (Phi) is 5.07. The summed E-state index contributed by atoms with van der Waals surface area (Å²) < 4.78 is 13.1. The van der Waals surface area contributed by atoms with Crippen LogP contribution in [-0.4, -0.2) is 22.9 Å². The molecule has 1 aliphatic heterocycles. The molecule has 2 aromatic carbocycles. The van der Waals surface area contributed by atoms with Crippen LogP contribution in [0.1, 0.15) is 24.8 Å². The first kappa shape index (κ1) is 19.1. The van der Waals surface area contributed by atoms with Crippen molar-refractivity contribution in [1.29, 1.82) is 0 Å². The summed E-state index contributed by atoms with van der Waals surface area (Å²) in [5, 5.41) is 6.58. The molecule has 29 heavy (non-hydrogen) atoms. The van der Waals surface area contributed by atoms with Gasteiger partial charge in [0.05, 0.1) is 6.20 Å². The minimum atomic E-state index is -0.319. The van der Waals surface area contributed by atoms with Crippen LogP contribution >= 0.6 is 11.6 Å². The standard InChI is InChI=1S/C21H19ClFN5O/c1-12-9-19(29)28(2)18-8-7-15(10-16(12)18)26-21-24-11-17(22)20(27-21)25-14-5-3-13(23)4-6-14/h3-8,10-12H,9H2,1-2H3,(H2,24,25,26,27). The smallest absolute Gasteiger partial charge is 0.229 e. The van der Waals surface area contributed by atoms with Crippen LogP contribution in [0.15, 0.2) is 48.7 Å². The molecule has 0 radical (unpaired) electrons. The fourth-order valence-electron chi connectivity index (χ4n) is 3.29. The molecule has 0 saturated carbocycles. The van der Waals surface area contributed by atoms with Crippen LogP contribution in [0.4, 0.5) is 33.2 Å². The number of anilines is 5. The molecule has 3 aromatic rings. The summed E-state index contributed by atoms with van der Waals surface area (Å²) in [6.45, 7) is 2.04. The third-order valence-electron chi connectivity index (χ3n) is 4.88. The van der Waals surface area contributed by atoms with Gasteiger partial charge >= 0.3 is 0 Å². The van der Waals surface area contributed by atoms with Crippen molar-refractivity contribution in [2.45, 2.75) is 19.3 Å². The van der Waals surface area contributed by atoms with Gasteiger partial charge in [-0.2, -0.15) is 4.98 Å². The highest BCUT2D eigenvalue weighted by molar-refractivity contribution is 6.32. The Labute approximate surface area is 172 Å². The van der Waals surface area contributed by atoms with Gasteiger partial charge in [0.2, 0.25) is 11.9 Å². The van der Waals surface area contributed by atoms with E-state index in [0.717, 1.165) is 16.9 Å². The van der Waals surface area contributed by atoms with E-state index in [4.69, 9.17) is 11.6 Å². The third kappa shape index (κ3) is 4.00. The number of rotatable bonds is 4. The average molecular weight is 412 g/mol. The van der Waals surface area contributed by atoms with Gasteiger partial charge in [0, 0.05) is 30.5 Å². The van der Waals surface area contributed by atoms with E-state index in [-0.39, 0.29) is 17.6 Å². The average Bonchev–Trinajstić information content (AvgIpc) is 2.70. The first-order chi connectivity index (χ1) is 13.9. The maximum absolute atomic E-state index is 13.1. The molecular formula is C21H19ClFN5O. The molecule has 0 bridgehead atoms. The van der Waals surface area contributed by atoms with E-state index in [1.54, 1.807) is 24.1 Å². The lowest BCUT2D eigenvalue weighted by atomic mass is 9.91. The lowest BCUT2D eigenvalue weighted by molar-refractivity contribution is -0.119. The van der Waals surface area contributed by atoms with Gasteiger partial charge in [0.15, 0.2) is 5.82 Å². The minimum absolute atomic E-state index is 0.114. The molecule has 0 fully saturated rings. The monoisotopic (exact) mass is 411 g/mol. The molecule has 2 N–H and O–H groups in total. The molecule has 4 rings (SSSR count). The second-order valence-electron chi connectivity index (χ2n) is 6.98. The second-order valence-corrected chi connectivity index (χ2v) is 7.39. The fraction of sp³-hybridized carbons (Fsp3) is 0.190. The number of amides is 1. The van der Waals surface area contributed by atoms with Gasteiger partial charge in [-0.1, -0.05) is 18.5 Å². The van der Waals surface area contributed by atoms with Gasteiger partial charge in [0.25, 0.3) is 0 Å². The molecule has 148 valence electrons. The molecule has 1 unspecified atom stereocenters. The van der Waals surface area contributed by atoms with E-state index >= 15 is 0 Å². The molecule has 1 atom stereocenters. The zero-order chi connectivity index (χ0) is 20.5. The van der Waals surface area contributed by atoms with Gasteiger partial charge in [-0.05, 0) is 53.9 Å². The highest BCUT2D eigenvalue weighted by atomic mass is 35.5. The summed E-state index contributed by atoms with van der Waals surface area (Å²) in [7, 11) is 1.79. The molecule has 8 heteroatoms. The molecule has 0 saturated heterocycles. The van der Waals surface area contributed by atoms with Crippen LogP contribution in [0, 0.1) is 5.82 Å². The largest absolute Gasteiger partial charge is 0.339 e. The van der Waals surface area contributed by atoms with E-state index in [2.05, 4.69) is 20.6 Å². The van der Waals surface area contributed by atoms with Crippen molar-refractivity contribution >= 4 is 46.3 Å². The quantitative estimate of drug-likeness (QED) is 0.615. The van der Waals surface area contributed by atoms with Crippen LogP contribution in [0.25, 0.3) is 0 Å². The van der Waals surface area contributed by atoms with Crippen molar-refractivity contribution < 1.29 is 9.18 Å². The number of carbonyl (C=O) groups excluding carboxylic acids is 1. The number of halogens is 2. The zero-order valence-electron chi connectivity index (χ0n) is 15.9. The minimum Gasteiger partial charge on any atom is -0.339 e. The number of carbonyl (C=O) groups is 1. The van der Waals surface area contributed by atoms with Gasteiger partial charge in [0.1, 0.15) is 10.8 Å². The van der Waals surface area contributed by atoms with Crippen LogP contribution < -0.4 is 15.5 Å². The lowest BCUT2D eigenvalue weighted by Crippen LogP contribution is -2.32. The molecule has 1 aromatic heterocycles. The number of hydrogen-bond donors (Lipinski definition) is 2. The maximum Gasteiger partial charge on any atom is 0.229 e.